The van der Waals surface area contributed by atoms with Gasteiger partial charge >= 0.3 is 0 Å². The Kier molecular flexibility index (Phi) is 10.7. The Labute approximate surface area is 305 Å². The first-order valence-corrected chi connectivity index (χ1v) is 20.7. The van der Waals surface area contributed by atoms with Gasteiger partial charge in [-0.05, 0) is 65.2 Å². The molecule has 1 radical (unpaired) electrons. The molecule has 3 aromatic heterocycles. The zero-order valence-electron chi connectivity index (χ0n) is 28.7. The van der Waals surface area contributed by atoms with Crippen LogP contribution in [0.3, 0.4) is 0 Å². The second-order valence-corrected chi connectivity index (χ2v) is 19.1. The molecule has 0 bridgehead atoms. The molecule has 0 aliphatic heterocycles. The molecule has 8 rings (SSSR count). The van der Waals surface area contributed by atoms with Gasteiger partial charge in [-0.3, -0.25) is 0 Å². The van der Waals surface area contributed by atoms with Crippen molar-refractivity contribution in [3.63, 3.8) is 0 Å². The first-order valence-electron chi connectivity index (χ1n) is 17.2. The third kappa shape index (κ3) is 7.86. The van der Waals surface area contributed by atoms with E-state index >= 15 is 0 Å². The smallest absolute Gasteiger partial charge is 0.120 e. The molecule has 7 aromatic rings. The van der Waals surface area contributed by atoms with Crippen LogP contribution in [-0.2, 0) is 26.5 Å². The number of nitrogens with zero attached hydrogens (tertiary/aromatic N) is 2. The molecule has 4 aromatic carbocycles. The first kappa shape index (κ1) is 34.7. The average molecular weight is 835 g/mol. The van der Waals surface area contributed by atoms with Gasteiger partial charge in [0, 0.05) is 37.9 Å². The Bertz CT molecular complexity index is 2160. The molecule has 249 valence electrons. The van der Waals surface area contributed by atoms with Crippen molar-refractivity contribution in [2.75, 3.05) is 0 Å². The van der Waals surface area contributed by atoms with Crippen LogP contribution in [0.4, 0.5) is 0 Å². The molecule has 0 spiro atoms. The van der Waals surface area contributed by atoms with Crippen LogP contribution in [0.1, 0.15) is 36.8 Å². The number of rotatable bonds is 6. The van der Waals surface area contributed by atoms with Crippen LogP contribution in [-0.4, -0.2) is 18.0 Å². The summed E-state index contributed by atoms with van der Waals surface area (Å²) in [5.74, 6) is 0.817. The van der Waals surface area contributed by atoms with Crippen molar-refractivity contribution >= 4 is 35.2 Å². The summed E-state index contributed by atoms with van der Waals surface area (Å²) in [7, 11) is -1.27. The molecule has 5 heteroatoms. The van der Waals surface area contributed by atoms with Gasteiger partial charge in [0.2, 0.25) is 0 Å². The third-order valence-electron chi connectivity index (χ3n) is 9.52. The zero-order chi connectivity index (χ0) is 33.1. The number of hydrogen-bond donors (Lipinski definition) is 0. The van der Waals surface area contributed by atoms with Gasteiger partial charge in [-0.2, -0.15) is 0 Å². The maximum atomic E-state index is 6.33. The molecule has 3 nitrogen and oxygen atoms in total. The van der Waals surface area contributed by atoms with E-state index in [4.69, 9.17) is 4.42 Å². The number of hydrogen-bond acceptors (Lipinski definition) is 3. The van der Waals surface area contributed by atoms with E-state index in [1.54, 1.807) is 0 Å². The van der Waals surface area contributed by atoms with Gasteiger partial charge in [0.15, 0.2) is 0 Å². The summed E-state index contributed by atoms with van der Waals surface area (Å²) >= 11 is 0. The molecule has 0 atom stereocenters. The van der Waals surface area contributed by atoms with Crippen LogP contribution in [0.15, 0.2) is 120 Å². The fourth-order valence-corrected chi connectivity index (χ4v) is 8.78. The maximum Gasteiger partial charge on any atom is 0.120 e. The van der Waals surface area contributed by atoms with Crippen LogP contribution < -0.4 is 5.19 Å². The van der Waals surface area contributed by atoms with Crippen LogP contribution in [0.25, 0.3) is 55.6 Å². The third-order valence-corrected chi connectivity index (χ3v) is 11.7. The number of aryl methyl sites for hydroxylation is 1. The molecule has 1 aliphatic rings. The van der Waals surface area contributed by atoms with Crippen molar-refractivity contribution in [2.45, 2.75) is 58.7 Å². The minimum Gasteiger partial charge on any atom is -0.501 e. The normalized spacial score (nSPS) is 13.2. The second kappa shape index (κ2) is 15.2. The minimum atomic E-state index is -1.27. The van der Waals surface area contributed by atoms with Gasteiger partial charge in [0.1, 0.15) is 5.58 Å². The number of furan rings is 1. The van der Waals surface area contributed by atoms with Crippen LogP contribution in [0.5, 0.6) is 0 Å². The van der Waals surface area contributed by atoms with Gasteiger partial charge in [0.05, 0.1) is 13.7 Å². The summed E-state index contributed by atoms with van der Waals surface area (Å²) in [6.07, 6.45) is 10.6. The molecular weight excluding hydrogens is 793 g/mol. The summed E-state index contributed by atoms with van der Waals surface area (Å²) in [5, 5.41) is 3.69. The van der Waals surface area contributed by atoms with Crippen molar-refractivity contribution in [3.05, 3.63) is 139 Å². The van der Waals surface area contributed by atoms with E-state index in [1.165, 1.54) is 53.1 Å². The number of aromatic nitrogens is 2. The van der Waals surface area contributed by atoms with Crippen LogP contribution in [0.2, 0.25) is 19.6 Å². The van der Waals surface area contributed by atoms with E-state index in [9.17, 15) is 0 Å². The van der Waals surface area contributed by atoms with Crippen molar-refractivity contribution in [1.82, 2.24) is 9.97 Å². The average Bonchev–Trinajstić information content (AvgIpc) is 3.76. The maximum absolute atomic E-state index is 6.33. The number of fused-ring (bicyclic) bond motifs is 3. The Morgan fingerprint density at radius 1 is 0.755 bits per heavy atom. The first-order chi connectivity index (χ1) is 23.3. The van der Waals surface area contributed by atoms with Crippen molar-refractivity contribution < 1.29 is 24.5 Å². The topological polar surface area (TPSA) is 38.9 Å². The Morgan fingerprint density at radius 2 is 1.55 bits per heavy atom. The predicted molar refractivity (Wildman–Crippen MR) is 203 cm³/mol. The quantitative estimate of drug-likeness (QED) is 0.124. The van der Waals surface area contributed by atoms with E-state index in [-0.39, 0.29) is 20.1 Å². The van der Waals surface area contributed by atoms with Crippen molar-refractivity contribution in [1.29, 1.82) is 0 Å². The minimum absolute atomic E-state index is 0. The van der Waals surface area contributed by atoms with Gasteiger partial charge < -0.3 is 14.4 Å². The van der Waals surface area contributed by atoms with E-state index in [0.717, 1.165) is 56.8 Å². The monoisotopic (exact) mass is 835 g/mol. The molecule has 3 heterocycles. The summed E-state index contributed by atoms with van der Waals surface area (Å²) in [5.41, 5.74) is 10.9. The summed E-state index contributed by atoms with van der Waals surface area (Å²) < 4.78 is 6.33. The number of benzene rings is 4. The van der Waals surface area contributed by atoms with E-state index in [2.05, 4.69) is 128 Å². The Hall–Kier alpha value is -4.15. The summed E-state index contributed by atoms with van der Waals surface area (Å²) in [6, 6.07) is 42.2. The molecule has 0 unspecified atom stereocenters. The number of pyridine rings is 2. The summed E-state index contributed by atoms with van der Waals surface area (Å²) in [6.45, 7) is 9.24. The molecule has 0 saturated heterocycles. The summed E-state index contributed by atoms with van der Waals surface area (Å²) in [4.78, 5) is 9.26. The Balaban J connectivity index is 0.000000198. The van der Waals surface area contributed by atoms with E-state index in [1.807, 2.05) is 36.5 Å². The molecule has 1 saturated carbocycles. The van der Waals surface area contributed by atoms with Crippen molar-refractivity contribution in [2.24, 2.45) is 5.92 Å². The largest absolute Gasteiger partial charge is 0.501 e. The van der Waals surface area contributed by atoms with Gasteiger partial charge in [-0.25, -0.2) is 0 Å². The van der Waals surface area contributed by atoms with E-state index < -0.39 is 8.07 Å². The zero-order valence-corrected chi connectivity index (χ0v) is 32.1. The fraction of sp³-hybridized carbons (Fsp3) is 0.227. The fourth-order valence-electron chi connectivity index (χ4n) is 7.07. The SMILES string of the molecule is Cc1cc(-c2[c-]cccc2)ncc1[Si](C)(C)C.[Ir].[c-]1ccc2c(oc3ccc(-c4ccccc4)cc32)c1-c1cc(CC2CCCC2)ccn1. The molecule has 1 fully saturated rings. The van der Waals surface area contributed by atoms with E-state index in [0.29, 0.717) is 0 Å². The van der Waals surface area contributed by atoms with Crippen LogP contribution >= 0.6 is 0 Å². The van der Waals surface area contributed by atoms with Gasteiger partial charge in [-0.1, -0.05) is 116 Å². The second-order valence-electron chi connectivity index (χ2n) is 14.1. The van der Waals surface area contributed by atoms with Gasteiger partial charge in [-0.15, -0.1) is 54.1 Å². The molecule has 49 heavy (non-hydrogen) atoms. The molecular formula is C44H42IrN2OSi-2. The standard InChI is InChI=1S/C29H24NO.C15H18NSi.Ir/c1-2-9-22(10-3-1)23-13-14-28-26(19-23)24-11-6-12-25(29(24)31-28)27-18-21(15-16-30-27)17-20-7-4-5-8-20;1-12-10-14(13-8-6-5-7-9-13)16-11-15(12)17(2,3)4;/h1-3,6,9-11,13-16,18-20H,4-5,7-8,17H2;5-8,10-11H,1-4H3;/q2*-1;. The van der Waals surface area contributed by atoms with Crippen LogP contribution in [0, 0.1) is 25.0 Å². The van der Waals surface area contributed by atoms with Gasteiger partial charge in [0.25, 0.3) is 0 Å². The molecule has 0 N–H and O–H groups in total. The Morgan fingerprint density at radius 3 is 2.29 bits per heavy atom. The molecule has 1 aliphatic carbocycles. The molecule has 0 amide bonds. The predicted octanol–water partition coefficient (Wildman–Crippen LogP) is 11.2. The van der Waals surface area contributed by atoms with Crippen molar-refractivity contribution in [3.8, 4) is 33.6 Å².